The lowest BCUT2D eigenvalue weighted by Crippen LogP contribution is -2.11. The van der Waals surface area contributed by atoms with E-state index in [2.05, 4.69) is 51.1 Å². The Kier molecular flexibility index (Phi) is 4.62. The van der Waals surface area contributed by atoms with Crippen molar-refractivity contribution in [3.63, 3.8) is 0 Å². The minimum absolute atomic E-state index is 0.805. The molecule has 0 spiro atoms. The molecule has 0 unspecified atom stereocenters. The van der Waals surface area contributed by atoms with Crippen LogP contribution >= 0.6 is 38.9 Å². The molecule has 4 heteroatoms. The van der Waals surface area contributed by atoms with Crippen molar-refractivity contribution >= 4 is 38.9 Å². The molecule has 1 aromatic carbocycles. The fourth-order valence-electron chi connectivity index (χ4n) is 1.63. The summed E-state index contributed by atoms with van der Waals surface area (Å²) in [6, 6.07) is 6.24. The van der Waals surface area contributed by atoms with Crippen LogP contribution in [0.15, 0.2) is 33.4 Å². The maximum atomic E-state index is 6.33. The molecule has 2 rings (SSSR count). The second-order valence-electron chi connectivity index (χ2n) is 3.73. The van der Waals surface area contributed by atoms with Crippen molar-refractivity contribution in [3.8, 4) is 11.1 Å². The minimum atomic E-state index is 0.805. The van der Waals surface area contributed by atoms with Crippen molar-refractivity contribution in [3.05, 3.63) is 44.0 Å². The fourth-order valence-corrected chi connectivity index (χ4v) is 3.44. The van der Waals surface area contributed by atoms with Gasteiger partial charge in [0.1, 0.15) is 0 Å². The highest BCUT2D eigenvalue weighted by Crippen LogP contribution is 2.36. The van der Waals surface area contributed by atoms with Gasteiger partial charge in [-0.3, -0.25) is 0 Å². The summed E-state index contributed by atoms with van der Waals surface area (Å²) in [5, 5.41) is 8.27. The number of benzene rings is 1. The van der Waals surface area contributed by atoms with Crippen LogP contribution in [0.5, 0.6) is 0 Å². The molecule has 0 aliphatic carbocycles. The minimum Gasteiger partial charge on any atom is -0.313 e. The summed E-state index contributed by atoms with van der Waals surface area (Å²) in [5.74, 6) is 0. The molecular weight excluding hydrogens is 318 g/mol. The second kappa shape index (κ2) is 6.01. The maximum absolute atomic E-state index is 6.33. The standard InChI is InChI=1S/C13H13BrClNS/c1-2-16-6-9-3-4-10(13(15)5-9)11-7-17-8-12(11)14/h3-5,7-8,16H,2,6H2,1H3. The zero-order chi connectivity index (χ0) is 12.3. The third-order valence-electron chi connectivity index (χ3n) is 2.52. The van der Waals surface area contributed by atoms with Crippen molar-refractivity contribution in [2.45, 2.75) is 13.5 Å². The second-order valence-corrected chi connectivity index (χ2v) is 5.73. The highest BCUT2D eigenvalue weighted by molar-refractivity contribution is 9.10. The van der Waals surface area contributed by atoms with Gasteiger partial charge in [0.25, 0.3) is 0 Å². The predicted molar refractivity (Wildman–Crippen MR) is 79.8 cm³/mol. The molecule has 0 radical (unpaired) electrons. The monoisotopic (exact) mass is 329 g/mol. The number of halogens is 2. The number of thiophene rings is 1. The van der Waals surface area contributed by atoms with Crippen LogP contribution in [-0.4, -0.2) is 6.54 Å². The topological polar surface area (TPSA) is 12.0 Å². The van der Waals surface area contributed by atoms with Crippen molar-refractivity contribution in [1.29, 1.82) is 0 Å². The normalized spacial score (nSPS) is 10.8. The van der Waals surface area contributed by atoms with E-state index in [1.54, 1.807) is 11.3 Å². The van der Waals surface area contributed by atoms with E-state index in [9.17, 15) is 0 Å². The van der Waals surface area contributed by atoms with Crippen molar-refractivity contribution in [1.82, 2.24) is 5.32 Å². The summed E-state index contributed by atoms with van der Waals surface area (Å²) in [7, 11) is 0. The molecule has 17 heavy (non-hydrogen) atoms. The quantitative estimate of drug-likeness (QED) is 0.837. The molecule has 1 aromatic heterocycles. The Morgan fingerprint density at radius 2 is 2.12 bits per heavy atom. The molecule has 0 amide bonds. The fraction of sp³-hybridized carbons (Fsp3) is 0.231. The van der Waals surface area contributed by atoms with Crippen LogP contribution in [0, 0.1) is 0 Å². The summed E-state index contributed by atoms with van der Waals surface area (Å²) in [6.07, 6.45) is 0. The van der Waals surface area contributed by atoms with E-state index in [4.69, 9.17) is 11.6 Å². The number of nitrogens with one attached hydrogen (secondary N) is 1. The number of rotatable bonds is 4. The van der Waals surface area contributed by atoms with Crippen LogP contribution in [-0.2, 0) is 6.54 Å². The van der Waals surface area contributed by atoms with Crippen molar-refractivity contribution in [2.24, 2.45) is 0 Å². The molecule has 0 fully saturated rings. The third-order valence-corrected chi connectivity index (χ3v) is 4.53. The van der Waals surface area contributed by atoms with E-state index < -0.39 is 0 Å². The maximum Gasteiger partial charge on any atom is 0.0488 e. The van der Waals surface area contributed by atoms with Gasteiger partial charge in [-0.15, -0.1) is 0 Å². The van der Waals surface area contributed by atoms with Gasteiger partial charge in [-0.1, -0.05) is 30.7 Å². The Hall–Kier alpha value is -0.350. The molecule has 1 N–H and O–H groups in total. The van der Waals surface area contributed by atoms with Gasteiger partial charge in [-0.25, -0.2) is 0 Å². The van der Waals surface area contributed by atoms with Gasteiger partial charge in [0, 0.05) is 32.5 Å². The van der Waals surface area contributed by atoms with E-state index in [1.807, 2.05) is 6.07 Å². The molecule has 0 aliphatic heterocycles. The predicted octanol–water partition coefficient (Wildman–Crippen LogP) is 4.94. The Morgan fingerprint density at radius 3 is 2.71 bits per heavy atom. The van der Waals surface area contributed by atoms with Gasteiger partial charge < -0.3 is 5.32 Å². The lowest BCUT2D eigenvalue weighted by Gasteiger charge is -2.07. The summed E-state index contributed by atoms with van der Waals surface area (Å²) in [5.41, 5.74) is 3.46. The zero-order valence-corrected chi connectivity index (χ0v) is 12.6. The van der Waals surface area contributed by atoms with Crippen molar-refractivity contribution in [2.75, 3.05) is 6.54 Å². The van der Waals surface area contributed by atoms with E-state index in [1.165, 1.54) is 5.56 Å². The molecule has 0 aliphatic rings. The first-order chi connectivity index (χ1) is 8.22. The first-order valence-electron chi connectivity index (χ1n) is 5.43. The highest BCUT2D eigenvalue weighted by Gasteiger charge is 2.08. The average molecular weight is 331 g/mol. The van der Waals surface area contributed by atoms with Gasteiger partial charge in [0.2, 0.25) is 0 Å². The summed E-state index contributed by atoms with van der Waals surface area (Å²) in [4.78, 5) is 0. The number of hydrogen-bond acceptors (Lipinski definition) is 2. The van der Waals surface area contributed by atoms with E-state index in [-0.39, 0.29) is 0 Å². The summed E-state index contributed by atoms with van der Waals surface area (Å²) < 4.78 is 1.10. The Balaban J connectivity index is 2.29. The molecule has 1 nitrogen and oxygen atoms in total. The van der Waals surface area contributed by atoms with Crippen LogP contribution < -0.4 is 5.32 Å². The van der Waals surface area contributed by atoms with Gasteiger partial charge in [0.05, 0.1) is 0 Å². The smallest absolute Gasteiger partial charge is 0.0488 e. The lowest BCUT2D eigenvalue weighted by atomic mass is 10.1. The third kappa shape index (κ3) is 3.10. The molecule has 2 aromatic rings. The van der Waals surface area contributed by atoms with Crippen molar-refractivity contribution < 1.29 is 0 Å². The molecule has 0 bridgehead atoms. The van der Waals surface area contributed by atoms with Gasteiger partial charge >= 0.3 is 0 Å². The van der Waals surface area contributed by atoms with E-state index in [0.29, 0.717) is 0 Å². The van der Waals surface area contributed by atoms with Gasteiger partial charge in [-0.2, -0.15) is 11.3 Å². The Morgan fingerprint density at radius 1 is 1.29 bits per heavy atom. The van der Waals surface area contributed by atoms with Gasteiger partial charge in [0.15, 0.2) is 0 Å². The van der Waals surface area contributed by atoms with Gasteiger partial charge in [-0.05, 0) is 39.5 Å². The average Bonchev–Trinajstić information content (AvgIpc) is 2.73. The summed E-state index contributed by atoms with van der Waals surface area (Å²) in [6.45, 7) is 3.93. The molecule has 90 valence electrons. The SMILES string of the molecule is CCNCc1ccc(-c2cscc2Br)c(Cl)c1. The summed E-state index contributed by atoms with van der Waals surface area (Å²) >= 11 is 11.5. The van der Waals surface area contributed by atoms with E-state index in [0.717, 1.165) is 33.7 Å². The zero-order valence-electron chi connectivity index (χ0n) is 9.47. The Bertz CT molecular complexity index is 510. The first-order valence-corrected chi connectivity index (χ1v) is 7.55. The lowest BCUT2D eigenvalue weighted by molar-refractivity contribution is 0.727. The van der Waals surface area contributed by atoms with E-state index >= 15 is 0 Å². The molecule has 0 atom stereocenters. The van der Waals surface area contributed by atoms with Crippen LogP contribution in [0.3, 0.4) is 0 Å². The molecular formula is C13H13BrClNS. The largest absolute Gasteiger partial charge is 0.313 e. The molecule has 0 saturated heterocycles. The Labute approximate surface area is 119 Å². The molecule has 0 saturated carbocycles. The first kappa shape index (κ1) is 13.1. The highest BCUT2D eigenvalue weighted by atomic mass is 79.9. The number of hydrogen-bond donors (Lipinski definition) is 1. The van der Waals surface area contributed by atoms with Crippen LogP contribution in [0.1, 0.15) is 12.5 Å². The van der Waals surface area contributed by atoms with Crippen LogP contribution in [0.25, 0.3) is 11.1 Å². The van der Waals surface area contributed by atoms with Crippen LogP contribution in [0.4, 0.5) is 0 Å². The van der Waals surface area contributed by atoms with Crippen LogP contribution in [0.2, 0.25) is 5.02 Å². The molecule has 1 heterocycles.